The number of Topliss-reactive ketones (excluding diaryl/α,β-unsaturated/α-hetero) is 3. The number of ketones is 3. The fourth-order valence-corrected chi connectivity index (χ4v) is 6.32. The molecule has 2 fully saturated rings. The van der Waals surface area contributed by atoms with Crippen LogP contribution < -0.4 is 0 Å². The Hall–Kier alpha value is -2.60. The van der Waals surface area contributed by atoms with Gasteiger partial charge in [-0.25, -0.2) is 0 Å². The summed E-state index contributed by atoms with van der Waals surface area (Å²) in [5, 5.41) is 10.5. The van der Waals surface area contributed by atoms with Gasteiger partial charge in [0.05, 0.1) is 11.5 Å². The number of hydrogen-bond donors (Lipinski definition) is 1. The molecule has 2 bridgehead atoms. The molecular formula is C36H54O6. The highest BCUT2D eigenvalue weighted by atomic mass is 16.6. The Labute approximate surface area is 253 Å². The van der Waals surface area contributed by atoms with Crippen LogP contribution in [0.3, 0.4) is 0 Å². The molecular weight excluding hydrogens is 528 g/mol. The van der Waals surface area contributed by atoms with Crippen LogP contribution in [-0.4, -0.2) is 39.6 Å². The lowest BCUT2D eigenvalue weighted by molar-refractivity contribution is -0.167. The average Bonchev–Trinajstić information content (AvgIpc) is 3.09. The second kappa shape index (κ2) is 13.4. The molecule has 0 spiro atoms. The van der Waals surface area contributed by atoms with Gasteiger partial charge in [-0.2, -0.15) is 0 Å². The first kappa shape index (κ1) is 35.6. The second-order valence-electron chi connectivity index (χ2n) is 14.3. The molecule has 6 nitrogen and oxygen atoms in total. The lowest BCUT2D eigenvalue weighted by atomic mass is 9.52. The Morgan fingerprint density at radius 3 is 2.02 bits per heavy atom. The quantitative estimate of drug-likeness (QED) is 0.146. The summed E-state index contributed by atoms with van der Waals surface area (Å²) >= 11 is 0. The maximum Gasteiger partial charge on any atom is 0.321 e. The van der Waals surface area contributed by atoms with Crippen molar-refractivity contribution in [3.05, 3.63) is 47.1 Å². The fraction of sp³-hybridized carbons (Fsp3) is 0.667. The van der Waals surface area contributed by atoms with Gasteiger partial charge in [0.2, 0.25) is 11.4 Å². The largest absolute Gasteiger partial charge is 0.442 e. The van der Waals surface area contributed by atoms with Gasteiger partial charge in [0.15, 0.2) is 5.78 Å². The van der Waals surface area contributed by atoms with Crippen LogP contribution in [-0.2, 0) is 23.9 Å². The van der Waals surface area contributed by atoms with Crippen LogP contribution in [0.1, 0.15) is 115 Å². The molecule has 2 rings (SSSR count). The molecule has 0 aromatic carbocycles. The van der Waals surface area contributed by atoms with E-state index in [-0.39, 0.29) is 31.0 Å². The molecule has 0 amide bonds. The molecule has 0 aromatic rings. The van der Waals surface area contributed by atoms with Gasteiger partial charge in [-0.1, -0.05) is 67.9 Å². The molecule has 0 aromatic heterocycles. The second-order valence-corrected chi connectivity index (χ2v) is 14.3. The zero-order valence-corrected chi connectivity index (χ0v) is 27.8. The van der Waals surface area contributed by atoms with Crippen LogP contribution in [0.2, 0.25) is 0 Å². The van der Waals surface area contributed by atoms with Crippen molar-refractivity contribution < 1.29 is 29.0 Å². The first-order valence-corrected chi connectivity index (χ1v) is 15.4. The maximum absolute atomic E-state index is 15.0. The molecule has 1 saturated heterocycles. The van der Waals surface area contributed by atoms with Gasteiger partial charge in [0.25, 0.3) is 0 Å². The molecule has 42 heavy (non-hydrogen) atoms. The molecule has 6 heteroatoms. The van der Waals surface area contributed by atoms with Crippen molar-refractivity contribution in [2.24, 2.45) is 28.6 Å². The third kappa shape index (κ3) is 7.30. The minimum Gasteiger partial charge on any atom is -0.442 e. The van der Waals surface area contributed by atoms with Gasteiger partial charge >= 0.3 is 5.97 Å². The molecule has 1 N–H and O–H groups in total. The van der Waals surface area contributed by atoms with Crippen molar-refractivity contribution in [2.75, 3.05) is 0 Å². The molecule has 1 aliphatic heterocycles. The van der Waals surface area contributed by atoms with E-state index in [1.165, 1.54) is 0 Å². The molecule has 1 heterocycles. The van der Waals surface area contributed by atoms with Crippen molar-refractivity contribution in [3.8, 4) is 0 Å². The van der Waals surface area contributed by atoms with E-state index < -0.39 is 51.4 Å². The summed E-state index contributed by atoms with van der Waals surface area (Å²) in [6.07, 6.45) is 10.8. The lowest BCUT2D eigenvalue weighted by Crippen LogP contribution is -2.60. The number of ether oxygens (including phenoxy) is 1. The fourth-order valence-electron chi connectivity index (χ4n) is 6.32. The van der Waals surface area contributed by atoms with Gasteiger partial charge in [0.1, 0.15) is 11.2 Å². The topological polar surface area (TPSA) is 97.7 Å². The summed E-state index contributed by atoms with van der Waals surface area (Å²) in [6.45, 7) is 20.6. The summed E-state index contributed by atoms with van der Waals surface area (Å²) in [6, 6.07) is 0. The Morgan fingerprint density at radius 2 is 1.52 bits per heavy atom. The first-order chi connectivity index (χ1) is 19.3. The SMILES string of the molecule is CCC(C)C(=O)[C@@H]1C(=O)[C@]2(CC=C(C)C)OC(=O)[C@](CC=C(C)C)(C[C@H](CC=C(C)C)[C@@]1(C)C/C=C/C(C)(C)O)C2=O. The van der Waals surface area contributed by atoms with Crippen LogP contribution in [0.5, 0.6) is 0 Å². The molecule has 0 radical (unpaired) electrons. The van der Waals surface area contributed by atoms with E-state index in [1.54, 1.807) is 26.0 Å². The lowest BCUT2D eigenvalue weighted by Gasteiger charge is -2.48. The molecule has 234 valence electrons. The van der Waals surface area contributed by atoms with Crippen molar-refractivity contribution in [2.45, 2.75) is 126 Å². The summed E-state index contributed by atoms with van der Waals surface area (Å²) in [7, 11) is 0. The maximum atomic E-state index is 15.0. The van der Waals surface area contributed by atoms with E-state index in [4.69, 9.17) is 4.74 Å². The smallest absolute Gasteiger partial charge is 0.321 e. The third-order valence-corrected chi connectivity index (χ3v) is 9.24. The highest BCUT2D eigenvalue weighted by Crippen LogP contribution is 2.58. The van der Waals surface area contributed by atoms with E-state index >= 15 is 0 Å². The van der Waals surface area contributed by atoms with E-state index in [1.807, 2.05) is 74.5 Å². The number of fused-ring (bicyclic) bond motifs is 2. The number of carbonyl (C=O) groups is 4. The summed E-state index contributed by atoms with van der Waals surface area (Å²) < 4.78 is 6.03. The predicted molar refractivity (Wildman–Crippen MR) is 168 cm³/mol. The Balaban J connectivity index is 3.04. The first-order valence-electron chi connectivity index (χ1n) is 15.4. The number of aliphatic hydroxyl groups is 1. The van der Waals surface area contributed by atoms with E-state index in [0.29, 0.717) is 19.3 Å². The molecule has 2 aliphatic rings. The van der Waals surface area contributed by atoms with Gasteiger partial charge < -0.3 is 9.84 Å². The summed E-state index contributed by atoms with van der Waals surface area (Å²) in [4.78, 5) is 58.0. The van der Waals surface area contributed by atoms with Crippen molar-refractivity contribution in [1.82, 2.24) is 0 Å². The number of carbonyl (C=O) groups excluding carboxylic acids is 4. The normalized spacial score (nSPS) is 30.3. The number of hydrogen-bond acceptors (Lipinski definition) is 6. The van der Waals surface area contributed by atoms with Gasteiger partial charge in [-0.3, -0.25) is 19.2 Å². The monoisotopic (exact) mass is 582 g/mol. The van der Waals surface area contributed by atoms with Gasteiger partial charge in [0, 0.05) is 12.3 Å². The van der Waals surface area contributed by atoms with Crippen LogP contribution in [0, 0.1) is 28.6 Å². The molecule has 1 unspecified atom stereocenters. The Kier molecular flexibility index (Phi) is 11.3. The standard InChI is InChI=1S/C36H54O6/c1-12-26(8)29(37)28-30(38)36(21-17-25(6)7)31(39)35(32(40)42-36,20-16-24(4)5)22-27(15-14-23(2)3)34(28,11)19-13-18-33(9,10)41/h13-14,16-18,26-28,41H,12,15,19-22H2,1-11H3/b18-13+/t26?,27-,28+,34+,35+,36-/m0/s1. The summed E-state index contributed by atoms with van der Waals surface area (Å²) in [5.41, 5.74) is -2.72. The average molecular weight is 583 g/mol. The molecule has 6 atom stereocenters. The zero-order chi connectivity index (χ0) is 32.3. The number of allylic oxidation sites excluding steroid dienone is 6. The van der Waals surface area contributed by atoms with Crippen LogP contribution in [0.15, 0.2) is 47.1 Å². The van der Waals surface area contributed by atoms with Crippen LogP contribution >= 0.6 is 0 Å². The Bertz CT molecular complexity index is 1180. The highest BCUT2D eigenvalue weighted by molar-refractivity contribution is 6.27. The van der Waals surface area contributed by atoms with E-state index in [2.05, 4.69) is 6.08 Å². The zero-order valence-electron chi connectivity index (χ0n) is 27.8. The van der Waals surface area contributed by atoms with Crippen molar-refractivity contribution in [3.63, 3.8) is 0 Å². The predicted octanol–water partition coefficient (Wildman–Crippen LogP) is 7.45. The number of rotatable bonds is 12. The minimum atomic E-state index is -2.06. The van der Waals surface area contributed by atoms with E-state index in [9.17, 15) is 24.3 Å². The van der Waals surface area contributed by atoms with Gasteiger partial charge in [-0.05, 0) is 98.8 Å². The van der Waals surface area contributed by atoms with Crippen LogP contribution in [0.4, 0.5) is 0 Å². The molecule has 1 saturated carbocycles. The Morgan fingerprint density at radius 1 is 0.976 bits per heavy atom. The van der Waals surface area contributed by atoms with Crippen molar-refractivity contribution >= 4 is 23.3 Å². The van der Waals surface area contributed by atoms with E-state index in [0.717, 1.165) is 16.7 Å². The van der Waals surface area contributed by atoms with Crippen LogP contribution in [0.25, 0.3) is 0 Å². The summed E-state index contributed by atoms with van der Waals surface area (Å²) in [5.74, 6) is -3.99. The molecule has 1 aliphatic carbocycles. The highest BCUT2D eigenvalue weighted by Gasteiger charge is 2.72. The number of esters is 1. The third-order valence-electron chi connectivity index (χ3n) is 9.24. The minimum absolute atomic E-state index is 0.0895. The van der Waals surface area contributed by atoms with Crippen molar-refractivity contribution in [1.29, 1.82) is 0 Å². The van der Waals surface area contributed by atoms with Gasteiger partial charge in [-0.15, -0.1) is 0 Å².